The average Bonchev–Trinajstić information content (AvgIpc) is 2.46. The molecular weight excluding hydrogens is 341 g/mol. The number of aryl methyl sites for hydroxylation is 1. The van der Waals surface area contributed by atoms with Crippen molar-refractivity contribution in [2.24, 2.45) is 10.1 Å². The van der Waals surface area contributed by atoms with Crippen molar-refractivity contribution in [3.05, 3.63) is 65.2 Å². The third kappa shape index (κ3) is 4.58. The van der Waals surface area contributed by atoms with Gasteiger partial charge in [0.15, 0.2) is 0 Å². The molecule has 0 aliphatic heterocycles. The molecule has 2 aromatic carbocycles. The van der Waals surface area contributed by atoms with Crippen molar-refractivity contribution >= 4 is 15.9 Å². The van der Waals surface area contributed by atoms with Gasteiger partial charge in [-0.1, -0.05) is 29.8 Å². The molecule has 128 valence electrons. The number of rotatable bonds is 4. The molecular formula is C16H15F3N2O2S. The van der Waals surface area contributed by atoms with Gasteiger partial charge in [-0.25, -0.2) is 0 Å². The van der Waals surface area contributed by atoms with Crippen molar-refractivity contribution < 1.29 is 21.6 Å². The third-order valence-corrected chi connectivity index (χ3v) is 4.57. The Labute approximate surface area is 137 Å². The number of sulfonamides is 1. The number of alkyl halides is 3. The Morgan fingerprint density at radius 3 is 2.08 bits per heavy atom. The molecule has 0 saturated carbocycles. The number of hydrogen-bond acceptors (Lipinski definition) is 2. The summed E-state index contributed by atoms with van der Waals surface area (Å²) in [5.41, 5.74) is 6.18. The minimum absolute atomic E-state index is 0.00321. The number of halogens is 3. The highest BCUT2D eigenvalue weighted by Crippen LogP contribution is 2.29. The van der Waals surface area contributed by atoms with Crippen molar-refractivity contribution in [1.82, 2.24) is 0 Å². The largest absolute Gasteiger partial charge is 0.416 e. The van der Waals surface area contributed by atoms with Crippen molar-refractivity contribution in [3.63, 3.8) is 0 Å². The van der Waals surface area contributed by atoms with Crippen LogP contribution in [0.3, 0.4) is 0 Å². The molecule has 0 amide bonds. The SMILES string of the molecule is Cc1ccc(S(=O)(=O)/N=C(\N)Cc2ccc(C(F)(F)F)cc2)cc1. The van der Waals surface area contributed by atoms with E-state index in [0.717, 1.165) is 17.7 Å². The fourth-order valence-corrected chi connectivity index (χ4v) is 2.93. The topological polar surface area (TPSA) is 72.5 Å². The highest BCUT2D eigenvalue weighted by atomic mass is 32.2. The second-order valence-corrected chi connectivity index (χ2v) is 6.85. The van der Waals surface area contributed by atoms with Crippen LogP contribution in [0.5, 0.6) is 0 Å². The van der Waals surface area contributed by atoms with Crippen LogP contribution in [-0.4, -0.2) is 14.3 Å². The third-order valence-electron chi connectivity index (χ3n) is 3.22. The molecule has 4 nitrogen and oxygen atoms in total. The monoisotopic (exact) mass is 356 g/mol. The summed E-state index contributed by atoms with van der Waals surface area (Å²) >= 11 is 0. The molecule has 0 bridgehead atoms. The number of nitrogens with zero attached hydrogens (tertiary/aromatic N) is 1. The fraction of sp³-hybridized carbons (Fsp3) is 0.188. The van der Waals surface area contributed by atoms with Gasteiger partial charge in [0.1, 0.15) is 5.84 Å². The lowest BCUT2D eigenvalue weighted by Crippen LogP contribution is -2.17. The first kappa shape index (κ1) is 18.0. The number of hydrogen-bond donors (Lipinski definition) is 1. The maximum Gasteiger partial charge on any atom is 0.416 e. The lowest BCUT2D eigenvalue weighted by molar-refractivity contribution is -0.137. The van der Waals surface area contributed by atoms with E-state index in [4.69, 9.17) is 5.73 Å². The minimum Gasteiger partial charge on any atom is -0.386 e. The number of nitrogens with two attached hydrogens (primary N) is 1. The summed E-state index contributed by atoms with van der Waals surface area (Å²) in [6.45, 7) is 1.82. The first-order valence-electron chi connectivity index (χ1n) is 6.90. The van der Waals surface area contributed by atoms with Gasteiger partial charge in [-0.2, -0.15) is 21.6 Å². The van der Waals surface area contributed by atoms with Crippen LogP contribution in [0.1, 0.15) is 16.7 Å². The summed E-state index contributed by atoms with van der Waals surface area (Å²) in [4.78, 5) is 0.00321. The van der Waals surface area contributed by atoms with E-state index in [1.165, 1.54) is 24.3 Å². The Morgan fingerprint density at radius 1 is 1.04 bits per heavy atom. The Balaban J connectivity index is 2.17. The summed E-state index contributed by atoms with van der Waals surface area (Å²) in [7, 11) is -3.94. The van der Waals surface area contributed by atoms with Crippen LogP contribution < -0.4 is 5.73 Å². The highest BCUT2D eigenvalue weighted by Gasteiger charge is 2.29. The standard InChI is InChI=1S/C16H15F3N2O2S/c1-11-2-8-14(9-3-11)24(22,23)21-15(20)10-12-4-6-13(7-5-12)16(17,18)19/h2-9H,10H2,1H3,(H2,20,21). The van der Waals surface area contributed by atoms with Gasteiger partial charge in [-0.05, 0) is 36.8 Å². The van der Waals surface area contributed by atoms with E-state index >= 15 is 0 Å². The first-order valence-corrected chi connectivity index (χ1v) is 8.34. The van der Waals surface area contributed by atoms with Gasteiger partial charge >= 0.3 is 6.18 Å². The van der Waals surface area contributed by atoms with Crippen LogP contribution in [0.25, 0.3) is 0 Å². The molecule has 24 heavy (non-hydrogen) atoms. The molecule has 2 aromatic rings. The molecule has 0 aromatic heterocycles. The van der Waals surface area contributed by atoms with Crippen LogP contribution >= 0.6 is 0 Å². The van der Waals surface area contributed by atoms with Crippen molar-refractivity contribution in [1.29, 1.82) is 0 Å². The maximum atomic E-state index is 12.5. The summed E-state index contributed by atoms with van der Waals surface area (Å²) in [5.74, 6) is -0.199. The lowest BCUT2D eigenvalue weighted by atomic mass is 10.1. The predicted molar refractivity (Wildman–Crippen MR) is 85.1 cm³/mol. The summed E-state index contributed by atoms with van der Waals surface area (Å²) in [6, 6.07) is 10.4. The predicted octanol–water partition coefficient (Wildman–Crippen LogP) is 3.30. The molecule has 8 heteroatoms. The second-order valence-electron chi connectivity index (χ2n) is 5.24. The smallest absolute Gasteiger partial charge is 0.386 e. The molecule has 0 aliphatic carbocycles. The molecule has 0 unspecified atom stereocenters. The van der Waals surface area contributed by atoms with Crippen LogP contribution in [-0.2, 0) is 22.6 Å². The molecule has 0 saturated heterocycles. The quantitative estimate of drug-likeness (QED) is 0.675. The van der Waals surface area contributed by atoms with Crippen LogP contribution in [0, 0.1) is 6.92 Å². The Hall–Kier alpha value is -2.35. The van der Waals surface area contributed by atoms with Gasteiger partial charge in [0.2, 0.25) is 0 Å². The molecule has 0 fully saturated rings. The molecule has 0 radical (unpaired) electrons. The number of benzene rings is 2. The van der Waals surface area contributed by atoms with Crippen LogP contribution in [0.4, 0.5) is 13.2 Å². The first-order chi connectivity index (χ1) is 11.1. The summed E-state index contributed by atoms with van der Waals surface area (Å²) in [6.07, 6.45) is -4.49. The lowest BCUT2D eigenvalue weighted by Gasteiger charge is -2.07. The molecule has 2 rings (SSSR count). The zero-order valence-electron chi connectivity index (χ0n) is 12.7. The molecule has 0 atom stereocenters. The van der Waals surface area contributed by atoms with Crippen molar-refractivity contribution in [3.8, 4) is 0 Å². The number of amidine groups is 1. The second kappa shape index (κ2) is 6.64. The van der Waals surface area contributed by atoms with Crippen molar-refractivity contribution in [2.45, 2.75) is 24.4 Å². The van der Waals surface area contributed by atoms with Crippen LogP contribution in [0.15, 0.2) is 57.8 Å². The average molecular weight is 356 g/mol. The Morgan fingerprint density at radius 2 is 1.58 bits per heavy atom. The summed E-state index contributed by atoms with van der Waals surface area (Å²) in [5, 5.41) is 0. The Bertz CT molecular complexity index is 840. The molecule has 0 aliphatic rings. The molecule has 0 spiro atoms. The van der Waals surface area contributed by atoms with Gasteiger partial charge in [0.25, 0.3) is 10.0 Å². The molecule has 2 N–H and O–H groups in total. The van der Waals surface area contributed by atoms with Gasteiger partial charge in [0, 0.05) is 6.42 Å². The van der Waals surface area contributed by atoms with E-state index < -0.39 is 21.8 Å². The zero-order chi connectivity index (χ0) is 18.0. The van der Waals surface area contributed by atoms with Gasteiger partial charge in [0.05, 0.1) is 10.5 Å². The Kier molecular flexibility index (Phi) is 4.98. The van der Waals surface area contributed by atoms with E-state index in [9.17, 15) is 21.6 Å². The van der Waals surface area contributed by atoms with E-state index in [2.05, 4.69) is 4.40 Å². The zero-order valence-corrected chi connectivity index (χ0v) is 13.5. The normalized spacial score (nSPS) is 13.1. The summed E-state index contributed by atoms with van der Waals surface area (Å²) < 4.78 is 65.2. The fourth-order valence-electron chi connectivity index (χ4n) is 1.97. The van der Waals surface area contributed by atoms with E-state index in [1.807, 2.05) is 6.92 Å². The molecule has 0 heterocycles. The van der Waals surface area contributed by atoms with E-state index in [-0.39, 0.29) is 17.2 Å². The van der Waals surface area contributed by atoms with Gasteiger partial charge < -0.3 is 5.73 Å². The minimum atomic E-state index is -4.42. The maximum absolute atomic E-state index is 12.5. The highest BCUT2D eigenvalue weighted by molar-refractivity contribution is 7.90. The van der Waals surface area contributed by atoms with Crippen molar-refractivity contribution in [2.75, 3.05) is 0 Å². The van der Waals surface area contributed by atoms with Crippen LogP contribution in [0.2, 0.25) is 0 Å². The van der Waals surface area contributed by atoms with Gasteiger partial charge in [-0.3, -0.25) is 0 Å². The van der Waals surface area contributed by atoms with Gasteiger partial charge in [-0.15, -0.1) is 4.40 Å². The van der Waals surface area contributed by atoms with E-state index in [1.54, 1.807) is 12.1 Å². The van der Waals surface area contributed by atoms with E-state index in [0.29, 0.717) is 5.56 Å².